The number of nitrogens with zero attached hydrogens (tertiary/aromatic N) is 4. The SMILES string of the molecule is COC(=O)C(C)NC(=O)[C@H](C(C)C)n1cc(COc2ccc3nc(S(N)(=O)=O)sc3c2)nn1. The van der Waals surface area contributed by atoms with Crippen molar-refractivity contribution >= 4 is 43.5 Å². The van der Waals surface area contributed by atoms with Gasteiger partial charge in [0.05, 0.1) is 23.5 Å². The second-order valence-electron chi connectivity index (χ2n) is 7.58. The molecule has 0 radical (unpaired) electrons. The first kappa shape index (κ1) is 24.5. The van der Waals surface area contributed by atoms with E-state index >= 15 is 0 Å². The van der Waals surface area contributed by atoms with Crippen LogP contribution in [0.4, 0.5) is 0 Å². The van der Waals surface area contributed by atoms with Gasteiger partial charge in [-0.25, -0.2) is 28.0 Å². The van der Waals surface area contributed by atoms with E-state index in [1.807, 2.05) is 13.8 Å². The van der Waals surface area contributed by atoms with Gasteiger partial charge < -0.3 is 14.8 Å². The van der Waals surface area contributed by atoms with Gasteiger partial charge in [0.15, 0.2) is 0 Å². The van der Waals surface area contributed by atoms with Crippen LogP contribution in [-0.2, 0) is 31.0 Å². The molecule has 2 atom stereocenters. The van der Waals surface area contributed by atoms with Gasteiger partial charge in [0.2, 0.25) is 10.2 Å². The van der Waals surface area contributed by atoms with Crippen molar-refractivity contribution in [2.45, 2.75) is 43.8 Å². The fourth-order valence-electron chi connectivity index (χ4n) is 3.03. The van der Waals surface area contributed by atoms with Gasteiger partial charge in [0.25, 0.3) is 10.0 Å². The molecule has 1 aromatic carbocycles. The molecule has 1 unspecified atom stereocenters. The third-order valence-corrected chi connectivity index (χ3v) is 6.96. The summed E-state index contributed by atoms with van der Waals surface area (Å²) in [5.41, 5.74) is 0.971. The van der Waals surface area contributed by atoms with Crippen LogP contribution in [-0.4, -0.2) is 53.4 Å². The Balaban J connectivity index is 1.70. The number of thiazole rings is 1. The first-order chi connectivity index (χ1) is 15.5. The van der Waals surface area contributed by atoms with Crippen molar-refractivity contribution < 1.29 is 27.5 Å². The average molecular weight is 497 g/mol. The Morgan fingerprint density at radius 3 is 2.64 bits per heavy atom. The van der Waals surface area contributed by atoms with Crippen molar-refractivity contribution in [3.8, 4) is 5.75 Å². The number of hydrogen-bond acceptors (Lipinski definition) is 10. The quantitative estimate of drug-likeness (QED) is 0.410. The van der Waals surface area contributed by atoms with Crippen LogP contribution in [0.15, 0.2) is 28.7 Å². The number of primary sulfonamides is 1. The topological polar surface area (TPSA) is 168 Å². The summed E-state index contributed by atoms with van der Waals surface area (Å²) in [5, 5.41) is 15.8. The molecule has 2 aromatic heterocycles. The maximum absolute atomic E-state index is 12.7. The zero-order chi connectivity index (χ0) is 24.3. The van der Waals surface area contributed by atoms with Crippen molar-refractivity contribution in [2.75, 3.05) is 7.11 Å². The number of hydrogen-bond donors (Lipinski definition) is 2. The predicted octanol–water partition coefficient (Wildman–Crippen LogP) is 0.989. The van der Waals surface area contributed by atoms with Gasteiger partial charge in [0.1, 0.15) is 30.1 Å². The zero-order valence-electron chi connectivity index (χ0n) is 18.4. The summed E-state index contributed by atoms with van der Waals surface area (Å²) >= 11 is 0.949. The molecule has 178 valence electrons. The van der Waals surface area contributed by atoms with Crippen LogP contribution in [0.2, 0.25) is 0 Å². The summed E-state index contributed by atoms with van der Waals surface area (Å²) in [6.45, 7) is 5.31. The maximum Gasteiger partial charge on any atom is 0.328 e. The molecule has 3 rings (SSSR count). The van der Waals surface area contributed by atoms with E-state index < -0.39 is 28.1 Å². The Kier molecular flexibility index (Phi) is 7.29. The molecule has 14 heteroatoms. The zero-order valence-corrected chi connectivity index (χ0v) is 20.0. The molecule has 0 aliphatic heterocycles. The van der Waals surface area contributed by atoms with Crippen LogP contribution in [0, 0.1) is 5.92 Å². The van der Waals surface area contributed by atoms with Crippen LogP contribution < -0.4 is 15.2 Å². The molecule has 0 aliphatic rings. The number of aromatic nitrogens is 4. The van der Waals surface area contributed by atoms with Crippen molar-refractivity contribution in [3.63, 3.8) is 0 Å². The highest BCUT2D eigenvalue weighted by atomic mass is 32.2. The Hall–Kier alpha value is -3.10. The van der Waals surface area contributed by atoms with Crippen LogP contribution in [0.1, 0.15) is 32.5 Å². The Morgan fingerprint density at radius 2 is 2.00 bits per heavy atom. The predicted molar refractivity (Wildman–Crippen MR) is 119 cm³/mol. The number of benzene rings is 1. The van der Waals surface area contributed by atoms with Crippen LogP contribution in [0.5, 0.6) is 5.75 Å². The molecule has 0 fully saturated rings. The molecule has 0 aliphatic carbocycles. The van der Waals surface area contributed by atoms with Crippen molar-refractivity contribution in [2.24, 2.45) is 11.1 Å². The largest absolute Gasteiger partial charge is 0.487 e. The van der Waals surface area contributed by atoms with E-state index in [9.17, 15) is 18.0 Å². The number of rotatable bonds is 9. The van der Waals surface area contributed by atoms with E-state index in [4.69, 9.17) is 9.88 Å². The summed E-state index contributed by atoms with van der Waals surface area (Å²) in [6.07, 6.45) is 1.59. The molecular formula is C19H24N6O6S2. The smallest absolute Gasteiger partial charge is 0.328 e. The van der Waals surface area contributed by atoms with Crippen molar-refractivity contribution in [1.29, 1.82) is 0 Å². The second-order valence-corrected chi connectivity index (χ2v) is 10.3. The highest BCUT2D eigenvalue weighted by Gasteiger charge is 2.28. The lowest BCUT2D eigenvalue weighted by Gasteiger charge is -2.21. The fraction of sp³-hybridized carbons (Fsp3) is 0.421. The minimum atomic E-state index is -3.88. The minimum Gasteiger partial charge on any atom is -0.487 e. The van der Waals surface area contributed by atoms with Gasteiger partial charge >= 0.3 is 5.97 Å². The number of fused-ring (bicyclic) bond motifs is 1. The summed E-state index contributed by atoms with van der Waals surface area (Å²) in [5.74, 6) is -0.590. The van der Waals surface area contributed by atoms with Crippen molar-refractivity contribution in [3.05, 3.63) is 30.1 Å². The third-order valence-electron chi connectivity index (χ3n) is 4.63. The maximum atomic E-state index is 12.7. The molecular weight excluding hydrogens is 472 g/mol. The number of methoxy groups -OCH3 is 1. The first-order valence-corrected chi connectivity index (χ1v) is 12.2. The summed E-state index contributed by atoms with van der Waals surface area (Å²) in [7, 11) is -2.63. The summed E-state index contributed by atoms with van der Waals surface area (Å²) in [6, 6.07) is 3.45. The number of ether oxygens (including phenoxy) is 2. The second kappa shape index (κ2) is 9.80. The molecule has 2 heterocycles. The number of carbonyl (C=O) groups is 2. The third kappa shape index (κ3) is 5.83. The number of amides is 1. The normalized spacial score (nSPS) is 13.6. The highest BCUT2D eigenvalue weighted by Crippen LogP contribution is 2.28. The van der Waals surface area contributed by atoms with E-state index in [1.165, 1.54) is 18.7 Å². The molecule has 33 heavy (non-hydrogen) atoms. The number of sulfonamides is 1. The first-order valence-electron chi connectivity index (χ1n) is 9.84. The molecule has 0 saturated carbocycles. The Bertz CT molecular complexity index is 1270. The standard InChI is InChI=1S/C19H24N6O6S2/c1-10(2)16(17(26)21-11(3)18(27)30-4)25-8-12(23-24-25)9-31-13-5-6-14-15(7-13)32-19(22-14)33(20,28)29/h5-8,10-11,16H,9H2,1-4H3,(H,21,26)(H2,20,28,29)/t11?,16-/m0/s1. The van der Waals surface area contributed by atoms with Gasteiger partial charge in [0, 0.05) is 0 Å². The van der Waals surface area contributed by atoms with Gasteiger partial charge in [-0.1, -0.05) is 19.1 Å². The van der Waals surface area contributed by atoms with Gasteiger partial charge in [-0.05, 0) is 31.0 Å². The fourth-order valence-corrected chi connectivity index (χ4v) is 4.72. The lowest BCUT2D eigenvalue weighted by atomic mass is 10.0. The van der Waals surface area contributed by atoms with Gasteiger partial charge in [-0.3, -0.25) is 4.79 Å². The molecule has 0 saturated heterocycles. The van der Waals surface area contributed by atoms with E-state index in [1.54, 1.807) is 24.4 Å². The number of nitrogens with one attached hydrogen (secondary N) is 1. The van der Waals surface area contributed by atoms with Crippen LogP contribution in [0.25, 0.3) is 10.2 Å². The highest BCUT2D eigenvalue weighted by molar-refractivity contribution is 7.91. The molecule has 3 aromatic rings. The Morgan fingerprint density at radius 1 is 1.27 bits per heavy atom. The summed E-state index contributed by atoms with van der Waals surface area (Å²) < 4.78 is 35.2. The molecule has 1 amide bonds. The lowest BCUT2D eigenvalue weighted by Crippen LogP contribution is -2.44. The summed E-state index contributed by atoms with van der Waals surface area (Å²) in [4.78, 5) is 28.3. The van der Waals surface area contributed by atoms with E-state index in [0.29, 0.717) is 21.7 Å². The lowest BCUT2D eigenvalue weighted by molar-refractivity contribution is -0.145. The number of esters is 1. The van der Waals surface area contributed by atoms with E-state index in [0.717, 1.165) is 11.3 Å². The number of nitrogens with two attached hydrogens (primary N) is 1. The van der Waals surface area contributed by atoms with E-state index in [2.05, 4.69) is 25.3 Å². The van der Waals surface area contributed by atoms with Gasteiger partial charge in [-0.15, -0.1) is 16.4 Å². The average Bonchev–Trinajstić information content (AvgIpc) is 3.37. The molecule has 12 nitrogen and oxygen atoms in total. The van der Waals surface area contributed by atoms with Gasteiger partial charge in [-0.2, -0.15) is 0 Å². The minimum absolute atomic E-state index is 0.0668. The molecule has 3 N–H and O–H groups in total. The number of carbonyl (C=O) groups excluding carboxylic acids is 2. The molecule has 0 bridgehead atoms. The Labute approximate surface area is 194 Å². The molecule has 0 spiro atoms. The monoisotopic (exact) mass is 496 g/mol. The van der Waals surface area contributed by atoms with Crippen molar-refractivity contribution in [1.82, 2.24) is 25.3 Å². The van der Waals surface area contributed by atoms with E-state index in [-0.39, 0.29) is 22.8 Å². The van der Waals surface area contributed by atoms with Crippen LogP contribution >= 0.6 is 11.3 Å². The van der Waals surface area contributed by atoms with Crippen LogP contribution in [0.3, 0.4) is 0 Å².